The normalized spacial score (nSPS) is 10.9. The number of nitrogens with two attached hydrogens (primary N) is 1. The Morgan fingerprint density at radius 1 is 1.16 bits per heavy atom. The topological polar surface area (TPSA) is 133 Å². The van der Waals surface area contributed by atoms with Crippen molar-refractivity contribution in [2.45, 2.75) is 20.3 Å². The van der Waals surface area contributed by atoms with E-state index in [1.165, 1.54) is 12.3 Å². The van der Waals surface area contributed by atoms with Crippen LogP contribution in [0.25, 0.3) is 5.69 Å². The van der Waals surface area contributed by atoms with Gasteiger partial charge < -0.3 is 10.3 Å². The van der Waals surface area contributed by atoms with E-state index < -0.39 is 16.7 Å². The molecule has 0 unspecified atom stereocenters. The van der Waals surface area contributed by atoms with Gasteiger partial charge in [0.25, 0.3) is 5.69 Å². The van der Waals surface area contributed by atoms with Gasteiger partial charge in [0.15, 0.2) is 0 Å². The average Bonchev–Trinajstić information content (AvgIpc) is 3.01. The maximum atomic E-state index is 12.2. The molecule has 31 heavy (non-hydrogen) atoms. The Bertz CT molecular complexity index is 1180. The van der Waals surface area contributed by atoms with Crippen LogP contribution >= 0.6 is 0 Å². The predicted molar refractivity (Wildman–Crippen MR) is 116 cm³/mol. The fourth-order valence-electron chi connectivity index (χ4n) is 3.32. The molecule has 0 fully saturated rings. The zero-order valence-corrected chi connectivity index (χ0v) is 17.0. The predicted octanol–water partition coefficient (Wildman–Crippen LogP) is 2.79. The van der Waals surface area contributed by atoms with E-state index in [9.17, 15) is 19.7 Å². The largest absolute Gasteiger partial charge is 0.366 e. The minimum absolute atomic E-state index is 0.104. The number of hydrogen-bond donors (Lipinski definition) is 2. The molecule has 1 aromatic heterocycles. The Hall–Kier alpha value is -4.27. The second kappa shape index (κ2) is 9.04. The lowest BCUT2D eigenvalue weighted by molar-refractivity contribution is -0.385. The Balaban J connectivity index is 1.72. The number of nitro benzene ring substituents is 1. The maximum absolute atomic E-state index is 12.2. The summed E-state index contributed by atoms with van der Waals surface area (Å²) >= 11 is 0. The number of aromatic nitrogens is 1. The molecule has 3 rings (SSSR count). The Kier molecular flexibility index (Phi) is 6.25. The molecule has 0 radical (unpaired) electrons. The summed E-state index contributed by atoms with van der Waals surface area (Å²) in [5.41, 5.74) is 11.8. The molecule has 0 bridgehead atoms. The summed E-state index contributed by atoms with van der Waals surface area (Å²) in [6, 6.07) is 14.9. The van der Waals surface area contributed by atoms with Crippen molar-refractivity contribution < 1.29 is 14.5 Å². The number of nitrogens with zero attached hydrogens (tertiary/aromatic N) is 3. The molecule has 9 heteroatoms. The van der Waals surface area contributed by atoms with E-state index in [0.29, 0.717) is 11.1 Å². The van der Waals surface area contributed by atoms with Crippen LogP contribution in [0.3, 0.4) is 0 Å². The zero-order valence-electron chi connectivity index (χ0n) is 17.0. The van der Waals surface area contributed by atoms with Gasteiger partial charge in [0.2, 0.25) is 11.8 Å². The van der Waals surface area contributed by atoms with E-state index in [-0.39, 0.29) is 12.1 Å². The van der Waals surface area contributed by atoms with Gasteiger partial charge in [-0.3, -0.25) is 19.7 Å². The van der Waals surface area contributed by atoms with Gasteiger partial charge in [0.05, 0.1) is 17.6 Å². The summed E-state index contributed by atoms with van der Waals surface area (Å²) in [7, 11) is 0. The van der Waals surface area contributed by atoms with Crippen LogP contribution in [0.15, 0.2) is 59.7 Å². The number of primary amides is 1. The van der Waals surface area contributed by atoms with Crippen molar-refractivity contribution in [3.63, 3.8) is 0 Å². The van der Waals surface area contributed by atoms with Gasteiger partial charge in [-0.15, -0.1) is 0 Å². The van der Waals surface area contributed by atoms with Gasteiger partial charge in [-0.1, -0.05) is 18.2 Å². The van der Waals surface area contributed by atoms with Crippen molar-refractivity contribution in [2.24, 2.45) is 10.8 Å². The third-order valence-corrected chi connectivity index (χ3v) is 4.81. The number of aryl methyl sites for hydroxylation is 1. The Morgan fingerprint density at radius 2 is 1.84 bits per heavy atom. The van der Waals surface area contributed by atoms with Crippen LogP contribution in [0, 0.1) is 24.0 Å². The molecule has 3 aromatic rings. The Morgan fingerprint density at radius 3 is 2.48 bits per heavy atom. The van der Waals surface area contributed by atoms with Crippen molar-refractivity contribution in [1.82, 2.24) is 9.99 Å². The molecule has 0 saturated carbocycles. The van der Waals surface area contributed by atoms with Crippen LogP contribution in [0.4, 0.5) is 5.69 Å². The van der Waals surface area contributed by atoms with Gasteiger partial charge in [0, 0.05) is 39.8 Å². The summed E-state index contributed by atoms with van der Waals surface area (Å²) in [5.74, 6) is -0.946. The van der Waals surface area contributed by atoms with Crippen LogP contribution in [-0.4, -0.2) is 27.5 Å². The average molecular weight is 419 g/mol. The number of hydrazone groups is 1. The molecule has 0 saturated heterocycles. The van der Waals surface area contributed by atoms with E-state index >= 15 is 0 Å². The molecule has 0 spiro atoms. The van der Waals surface area contributed by atoms with Crippen molar-refractivity contribution in [3.05, 3.63) is 92.8 Å². The molecule has 9 nitrogen and oxygen atoms in total. The summed E-state index contributed by atoms with van der Waals surface area (Å²) in [6.07, 6.45) is 1.37. The summed E-state index contributed by atoms with van der Waals surface area (Å²) < 4.78 is 1.99. The summed E-state index contributed by atoms with van der Waals surface area (Å²) in [5, 5.41) is 15.1. The van der Waals surface area contributed by atoms with Crippen LogP contribution in [0.2, 0.25) is 0 Å². The van der Waals surface area contributed by atoms with Gasteiger partial charge >= 0.3 is 0 Å². The fourth-order valence-corrected chi connectivity index (χ4v) is 3.32. The molecule has 0 aliphatic carbocycles. The van der Waals surface area contributed by atoms with E-state index in [1.54, 1.807) is 42.5 Å². The minimum Gasteiger partial charge on any atom is -0.366 e. The first-order chi connectivity index (χ1) is 14.8. The lowest BCUT2D eigenvalue weighted by Crippen LogP contribution is -2.20. The summed E-state index contributed by atoms with van der Waals surface area (Å²) in [6.45, 7) is 3.84. The van der Waals surface area contributed by atoms with Crippen molar-refractivity contribution in [3.8, 4) is 5.69 Å². The molecule has 0 atom stereocenters. The van der Waals surface area contributed by atoms with Crippen molar-refractivity contribution in [2.75, 3.05) is 0 Å². The standard InChI is InChI=1S/C22H21N5O4/c1-14-11-18(15(2)26(14)19-9-7-16(8-10-19)22(23)29)13-24-25-21(28)12-17-5-3-4-6-20(17)27(30)31/h3-11,13H,12H2,1-2H3,(H2,23,29)(H,25,28)/b24-13+. The lowest BCUT2D eigenvalue weighted by atomic mass is 10.1. The molecule has 3 N–H and O–H groups in total. The first-order valence-electron chi connectivity index (χ1n) is 9.41. The Labute approximate surface area is 178 Å². The smallest absolute Gasteiger partial charge is 0.273 e. The number of hydrogen-bond acceptors (Lipinski definition) is 5. The summed E-state index contributed by atoms with van der Waals surface area (Å²) in [4.78, 5) is 34.0. The highest BCUT2D eigenvalue weighted by Gasteiger charge is 2.15. The number of benzene rings is 2. The second-order valence-electron chi connectivity index (χ2n) is 6.93. The molecule has 0 aliphatic rings. The van der Waals surface area contributed by atoms with Gasteiger partial charge in [0.1, 0.15) is 0 Å². The fraction of sp³-hybridized carbons (Fsp3) is 0.136. The van der Waals surface area contributed by atoms with Gasteiger partial charge in [-0.2, -0.15) is 5.10 Å². The first kappa shape index (κ1) is 21.4. The third kappa shape index (κ3) is 4.84. The lowest BCUT2D eigenvalue weighted by Gasteiger charge is -2.10. The van der Waals surface area contributed by atoms with Crippen LogP contribution < -0.4 is 11.2 Å². The number of nitro groups is 1. The number of carbonyl (C=O) groups is 2. The molecule has 1 heterocycles. The molecular formula is C22H21N5O4. The quantitative estimate of drug-likeness (QED) is 0.346. The van der Waals surface area contributed by atoms with E-state index in [1.807, 2.05) is 24.5 Å². The van der Waals surface area contributed by atoms with Crippen LogP contribution in [0.1, 0.15) is 32.9 Å². The molecule has 158 valence electrons. The second-order valence-corrected chi connectivity index (χ2v) is 6.93. The SMILES string of the molecule is Cc1cc(/C=N/NC(=O)Cc2ccccc2[N+](=O)[O-])c(C)n1-c1ccc(C(N)=O)cc1. The highest BCUT2D eigenvalue weighted by Crippen LogP contribution is 2.20. The third-order valence-electron chi connectivity index (χ3n) is 4.81. The van der Waals surface area contributed by atoms with Crippen molar-refractivity contribution >= 4 is 23.7 Å². The highest BCUT2D eigenvalue weighted by atomic mass is 16.6. The number of amides is 2. The molecule has 2 amide bonds. The highest BCUT2D eigenvalue weighted by molar-refractivity contribution is 5.93. The number of para-hydroxylation sites is 1. The van der Waals surface area contributed by atoms with Crippen molar-refractivity contribution in [1.29, 1.82) is 0 Å². The molecule has 2 aromatic carbocycles. The number of carbonyl (C=O) groups excluding carboxylic acids is 2. The van der Waals surface area contributed by atoms with Gasteiger partial charge in [-0.05, 0) is 44.2 Å². The van der Waals surface area contributed by atoms with Crippen LogP contribution in [-0.2, 0) is 11.2 Å². The van der Waals surface area contributed by atoms with E-state index in [2.05, 4.69) is 10.5 Å². The number of nitrogens with one attached hydrogen (secondary N) is 1. The zero-order chi connectivity index (χ0) is 22.5. The number of rotatable bonds is 7. The molecular weight excluding hydrogens is 398 g/mol. The minimum atomic E-state index is -0.517. The first-order valence-corrected chi connectivity index (χ1v) is 9.41. The van der Waals surface area contributed by atoms with E-state index in [4.69, 9.17) is 5.73 Å². The monoisotopic (exact) mass is 419 g/mol. The van der Waals surface area contributed by atoms with Crippen LogP contribution in [0.5, 0.6) is 0 Å². The molecule has 0 aliphatic heterocycles. The van der Waals surface area contributed by atoms with Gasteiger partial charge in [-0.25, -0.2) is 5.43 Å². The van der Waals surface area contributed by atoms with E-state index in [0.717, 1.165) is 22.6 Å². The maximum Gasteiger partial charge on any atom is 0.273 e.